The van der Waals surface area contributed by atoms with E-state index in [9.17, 15) is 0 Å². The molecule has 1 aromatic carbocycles. The second-order valence-corrected chi connectivity index (χ2v) is 6.00. The molecule has 1 aliphatic carbocycles. The molecular weight excluding hydrogens is 322 g/mol. The fourth-order valence-corrected chi connectivity index (χ4v) is 2.31. The van der Waals surface area contributed by atoms with E-state index in [1.165, 1.54) is 0 Å². The van der Waals surface area contributed by atoms with Gasteiger partial charge in [-0.2, -0.15) is 4.98 Å². The molecular formula is C14H16BrN3O2. The first-order valence-corrected chi connectivity index (χ1v) is 7.43. The molecule has 0 spiro atoms. The van der Waals surface area contributed by atoms with E-state index in [-0.39, 0.29) is 12.6 Å². The number of rotatable bonds is 5. The standard InChI is InChI=1S/C14H16BrN3O2/c1-8(16)11-5-4-10(15)6-12(11)19-7-13-17-14(20-18-13)9-2-3-9/h4-6,8-9H,2-3,7,16H2,1H3/t8-/m1/s1. The number of hydrogen-bond acceptors (Lipinski definition) is 5. The summed E-state index contributed by atoms with van der Waals surface area (Å²) in [6.07, 6.45) is 2.28. The van der Waals surface area contributed by atoms with Crippen LogP contribution in [0.25, 0.3) is 0 Å². The van der Waals surface area contributed by atoms with Gasteiger partial charge in [-0.25, -0.2) is 0 Å². The Morgan fingerprint density at radius 2 is 2.30 bits per heavy atom. The predicted molar refractivity (Wildman–Crippen MR) is 77.3 cm³/mol. The average molecular weight is 338 g/mol. The zero-order valence-corrected chi connectivity index (χ0v) is 12.8. The monoisotopic (exact) mass is 337 g/mol. The highest BCUT2D eigenvalue weighted by atomic mass is 79.9. The molecule has 0 aliphatic heterocycles. The highest BCUT2D eigenvalue weighted by Gasteiger charge is 2.29. The Bertz CT molecular complexity index is 608. The largest absolute Gasteiger partial charge is 0.485 e. The molecule has 6 heteroatoms. The Balaban J connectivity index is 1.71. The Labute approximate surface area is 125 Å². The molecule has 3 rings (SSSR count). The number of benzene rings is 1. The molecule has 0 bridgehead atoms. The van der Waals surface area contributed by atoms with E-state index < -0.39 is 0 Å². The Hall–Kier alpha value is -1.40. The highest BCUT2D eigenvalue weighted by Crippen LogP contribution is 2.38. The molecule has 0 unspecified atom stereocenters. The van der Waals surface area contributed by atoms with Crippen molar-refractivity contribution in [1.82, 2.24) is 10.1 Å². The number of nitrogens with zero attached hydrogens (tertiary/aromatic N) is 2. The summed E-state index contributed by atoms with van der Waals surface area (Å²) in [4.78, 5) is 4.34. The minimum Gasteiger partial charge on any atom is -0.485 e. The molecule has 2 aromatic rings. The number of hydrogen-bond donors (Lipinski definition) is 1. The van der Waals surface area contributed by atoms with Crippen molar-refractivity contribution in [2.75, 3.05) is 0 Å². The molecule has 0 radical (unpaired) electrons. The van der Waals surface area contributed by atoms with Crippen LogP contribution in [-0.2, 0) is 6.61 Å². The van der Waals surface area contributed by atoms with E-state index in [0.29, 0.717) is 11.7 Å². The van der Waals surface area contributed by atoms with Crippen LogP contribution in [0.5, 0.6) is 5.75 Å². The number of aromatic nitrogens is 2. The maximum Gasteiger partial charge on any atom is 0.229 e. The number of ether oxygens (including phenoxy) is 1. The summed E-state index contributed by atoms with van der Waals surface area (Å²) in [5.74, 6) is 2.50. The van der Waals surface area contributed by atoms with Gasteiger partial charge in [0.1, 0.15) is 5.75 Å². The van der Waals surface area contributed by atoms with Crippen molar-refractivity contribution in [2.24, 2.45) is 5.73 Å². The maximum absolute atomic E-state index is 5.94. The highest BCUT2D eigenvalue weighted by molar-refractivity contribution is 9.10. The molecule has 1 atom stereocenters. The minimum atomic E-state index is -0.0922. The predicted octanol–water partition coefficient (Wildman–Crippen LogP) is 3.31. The van der Waals surface area contributed by atoms with E-state index in [2.05, 4.69) is 26.1 Å². The third-order valence-electron chi connectivity index (χ3n) is 3.23. The minimum absolute atomic E-state index is 0.0922. The second kappa shape index (κ2) is 5.54. The summed E-state index contributed by atoms with van der Waals surface area (Å²) >= 11 is 3.43. The molecule has 5 nitrogen and oxygen atoms in total. The van der Waals surface area contributed by atoms with Gasteiger partial charge in [0.25, 0.3) is 0 Å². The molecule has 0 saturated heterocycles. The van der Waals surface area contributed by atoms with E-state index >= 15 is 0 Å². The summed E-state index contributed by atoms with van der Waals surface area (Å²) in [6.45, 7) is 2.21. The number of halogens is 1. The number of nitrogens with two attached hydrogens (primary N) is 1. The van der Waals surface area contributed by atoms with Gasteiger partial charge in [-0.15, -0.1) is 0 Å². The maximum atomic E-state index is 5.94. The summed E-state index contributed by atoms with van der Waals surface area (Å²) in [6, 6.07) is 5.71. The zero-order valence-electron chi connectivity index (χ0n) is 11.2. The molecule has 1 aromatic heterocycles. The zero-order chi connectivity index (χ0) is 14.1. The van der Waals surface area contributed by atoms with Crippen molar-refractivity contribution in [3.8, 4) is 5.75 Å². The molecule has 106 valence electrons. The van der Waals surface area contributed by atoms with Gasteiger partial charge in [0.15, 0.2) is 6.61 Å². The lowest BCUT2D eigenvalue weighted by Gasteiger charge is -2.13. The smallest absolute Gasteiger partial charge is 0.229 e. The lowest BCUT2D eigenvalue weighted by molar-refractivity contribution is 0.281. The van der Waals surface area contributed by atoms with Gasteiger partial charge < -0.3 is 15.0 Å². The molecule has 0 amide bonds. The van der Waals surface area contributed by atoms with Crippen LogP contribution in [0.1, 0.15) is 49.0 Å². The van der Waals surface area contributed by atoms with Crippen LogP contribution in [0, 0.1) is 0 Å². The molecule has 1 heterocycles. The average Bonchev–Trinajstić information content (AvgIpc) is 3.15. The van der Waals surface area contributed by atoms with Gasteiger partial charge in [-0.3, -0.25) is 0 Å². The summed E-state index contributed by atoms with van der Waals surface area (Å²) in [5.41, 5.74) is 6.90. The fourth-order valence-electron chi connectivity index (χ4n) is 1.97. The second-order valence-electron chi connectivity index (χ2n) is 5.08. The van der Waals surface area contributed by atoms with Crippen molar-refractivity contribution in [3.63, 3.8) is 0 Å². The Morgan fingerprint density at radius 1 is 1.50 bits per heavy atom. The van der Waals surface area contributed by atoms with Crippen LogP contribution in [0.4, 0.5) is 0 Å². The Morgan fingerprint density at radius 3 is 3.00 bits per heavy atom. The van der Waals surface area contributed by atoms with Crippen LogP contribution in [0.15, 0.2) is 27.2 Å². The van der Waals surface area contributed by atoms with Gasteiger partial charge in [-0.05, 0) is 31.9 Å². The first-order chi connectivity index (χ1) is 9.63. The van der Waals surface area contributed by atoms with Gasteiger partial charge in [0, 0.05) is 22.0 Å². The summed E-state index contributed by atoms with van der Waals surface area (Å²) in [7, 11) is 0. The van der Waals surface area contributed by atoms with Gasteiger partial charge >= 0.3 is 0 Å². The SMILES string of the molecule is C[C@@H](N)c1ccc(Br)cc1OCc1noc(C2CC2)n1. The molecule has 1 saturated carbocycles. The van der Waals surface area contributed by atoms with Crippen molar-refractivity contribution in [2.45, 2.75) is 38.3 Å². The van der Waals surface area contributed by atoms with Crippen LogP contribution in [0.2, 0.25) is 0 Å². The summed E-state index contributed by atoms with van der Waals surface area (Å²) in [5, 5.41) is 3.94. The van der Waals surface area contributed by atoms with Crippen LogP contribution in [-0.4, -0.2) is 10.1 Å². The van der Waals surface area contributed by atoms with E-state index in [1.54, 1.807) is 0 Å². The summed E-state index contributed by atoms with van der Waals surface area (Å²) < 4.78 is 11.9. The van der Waals surface area contributed by atoms with Crippen LogP contribution < -0.4 is 10.5 Å². The molecule has 1 aliphatic rings. The molecule has 2 N–H and O–H groups in total. The van der Waals surface area contributed by atoms with E-state index in [4.69, 9.17) is 15.0 Å². The van der Waals surface area contributed by atoms with Crippen LogP contribution in [0.3, 0.4) is 0 Å². The first kappa shape index (κ1) is 13.6. The Kier molecular flexibility index (Phi) is 3.76. The lowest BCUT2D eigenvalue weighted by atomic mass is 10.1. The third-order valence-corrected chi connectivity index (χ3v) is 3.73. The topological polar surface area (TPSA) is 74.2 Å². The van der Waals surface area contributed by atoms with Gasteiger partial charge in [0.05, 0.1) is 0 Å². The van der Waals surface area contributed by atoms with Gasteiger partial charge in [0.2, 0.25) is 11.7 Å². The third kappa shape index (κ3) is 3.02. The van der Waals surface area contributed by atoms with Crippen molar-refractivity contribution in [3.05, 3.63) is 40.0 Å². The van der Waals surface area contributed by atoms with Crippen molar-refractivity contribution < 1.29 is 9.26 Å². The first-order valence-electron chi connectivity index (χ1n) is 6.64. The van der Waals surface area contributed by atoms with Gasteiger partial charge in [-0.1, -0.05) is 27.2 Å². The van der Waals surface area contributed by atoms with Crippen molar-refractivity contribution in [1.29, 1.82) is 0 Å². The van der Waals surface area contributed by atoms with Crippen molar-refractivity contribution >= 4 is 15.9 Å². The molecule has 1 fully saturated rings. The lowest BCUT2D eigenvalue weighted by Crippen LogP contribution is -2.08. The molecule has 20 heavy (non-hydrogen) atoms. The van der Waals surface area contributed by atoms with E-state index in [1.807, 2.05) is 25.1 Å². The van der Waals surface area contributed by atoms with E-state index in [0.717, 1.165) is 34.5 Å². The fraction of sp³-hybridized carbons (Fsp3) is 0.429. The van der Waals surface area contributed by atoms with Crippen LogP contribution >= 0.6 is 15.9 Å². The quantitative estimate of drug-likeness (QED) is 0.905. The normalized spacial score (nSPS) is 16.1.